The van der Waals surface area contributed by atoms with Gasteiger partial charge in [0.25, 0.3) is 0 Å². The molecule has 9 atom stereocenters. The Hall–Kier alpha value is -2.23. The molecule has 0 spiro atoms. The monoisotopic (exact) mass is 875 g/mol. The fraction of sp³-hybridized carbons (Fsp3) is 0.778. The highest BCUT2D eigenvalue weighted by atomic mass is 31.2. The van der Waals surface area contributed by atoms with Crippen molar-refractivity contribution < 1.29 is 68.2 Å². The van der Waals surface area contributed by atoms with Crippen LogP contribution in [0.15, 0.2) is 48.6 Å². The number of hydrogen-bond donors (Lipinski definition) is 7. The summed E-state index contributed by atoms with van der Waals surface area (Å²) in [7, 11) is -5.14. The molecule has 0 aromatic rings. The van der Waals surface area contributed by atoms with Crippen LogP contribution in [-0.2, 0) is 32.7 Å². The zero-order valence-electron chi connectivity index (χ0n) is 36.4. The number of aliphatic hydroxyl groups excluding tert-OH is 6. The lowest BCUT2D eigenvalue weighted by molar-refractivity contribution is -0.220. The number of rotatable bonds is 36. The van der Waals surface area contributed by atoms with Crippen molar-refractivity contribution in [2.75, 3.05) is 13.2 Å². The van der Waals surface area contributed by atoms with Crippen molar-refractivity contribution in [3.8, 4) is 0 Å². The summed E-state index contributed by atoms with van der Waals surface area (Å²) in [6, 6.07) is 0. The van der Waals surface area contributed by atoms with Crippen LogP contribution in [0.5, 0.6) is 0 Å². The molecule has 0 bridgehead atoms. The van der Waals surface area contributed by atoms with Gasteiger partial charge < -0.3 is 45.0 Å². The van der Waals surface area contributed by atoms with Crippen molar-refractivity contribution in [2.45, 2.75) is 210 Å². The van der Waals surface area contributed by atoms with Crippen LogP contribution in [0, 0.1) is 0 Å². The minimum atomic E-state index is -5.14. The second-order valence-electron chi connectivity index (χ2n) is 15.8. The molecule has 348 valence electrons. The summed E-state index contributed by atoms with van der Waals surface area (Å²) in [5.41, 5.74) is 0. The van der Waals surface area contributed by atoms with E-state index in [2.05, 4.69) is 19.9 Å². The molecule has 1 saturated carbocycles. The second kappa shape index (κ2) is 35.3. The van der Waals surface area contributed by atoms with Gasteiger partial charge in [-0.1, -0.05) is 152 Å². The normalized spacial score (nSPS) is 23.1. The molecule has 1 aliphatic carbocycles. The van der Waals surface area contributed by atoms with Gasteiger partial charge >= 0.3 is 19.8 Å². The summed E-state index contributed by atoms with van der Waals surface area (Å²) in [6.45, 7) is 3.14. The summed E-state index contributed by atoms with van der Waals surface area (Å²) in [5.74, 6) is -1.20. The zero-order chi connectivity index (χ0) is 44.4. The molecule has 0 aliphatic heterocycles. The fourth-order valence-corrected chi connectivity index (χ4v) is 7.51. The first-order valence-electron chi connectivity index (χ1n) is 22.5. The van der Waals surface area contributed by atoms with Gasteiger partial charge in [-0.15, -0.1) is 0 Å². The molecule has 0 aromatic carbocycles. The lowest BCUT2D eigenvalue weighted by Crippen LogP contribution is -2.64. The third kappa shape index (κ3) is 27.7. The van der Waals surface area contributed by atoms with Gasteiger partial charge in [-0.3, -0.25) is 18.6 Å². The molecule has 3 unspecified atom stereocenters. The maximum Gasteiger partial charge on any atom is 0.472 e. The maximum atomic E-state index is 12.8. The molecule has 1 rings (SSSR count). The SMILES string of the molecule is CCCCC/C=C\C[C@@H](O)/C=C/C=C\C/C=C\CCCC(=O)OC[C@H](COP(=O)(O)OC1[C@H](O)[C@H](O)C(O)[C@H](O)[C@H]1O)OC(=O)CCCCCCCCCCCCCCC. The molecule has 1 fully saturated rings. The van der Waals surface area contributed by atoms with Gasteiger partial charge in [-0.05, 0) is 44.9 Å². The van der Waals surface area contributed by atoms with Crippen LogP contribution in [0.2, 0.25) is 0 Å². The molecule has 0 amide bonds. The van der Waals surface area contributed by atoms with Gasteiger partial charge in [0.1, 0.15) is 43.2 Å². The molecule has 0 saturated heterocycles. The lowest BCUT2D eigenvalue weighted by atomic mass is 9.85. The first kappa shape index (κ1) is 55.8. The van der Waals surface area contributed by atoms with Crippen molar-refractivity contribution in [3.05, 3.63) is 48.6 Å². The van der Waals surface area contributed by atoms with Crippen LogP contribution >= 0.6 is 7.82 Å². The average Bonchev–Trinajstić information content (AvgIpc) is 3.22. The van der Waals surface area contributed by atoms with E-state index in [1.54, 1.807) is 6.08 Å². The van der Waals surface area contributed by atoms with E-state index < -0.39 is 81.8 Å². The largest absolute Gasteiger partial charge is 0.472 e. The first-order valence-corrected chi connectivity index (χ1v) is 24.0. The smallest absolute Gasteiger partial charge is 0.462 e. The molecule has 0 aromatic heterocycles. The number of esters is 2. The van der Waals surface area contributed by atoms with Gasteiger partial charge in [0.05, 0.1) is 12.7 Å². The van der Waals surface area contributed by atoms with E-state index in [-0.39, 0.29) is 12.8 Å². The molecule has 60 heavy (non-hydrogen) atoms. The minimum absolute atomic E-state index is 0.0594. The standard InChI is InChI=1S/C45H79O14P/c1-3-5-7-9-11-12-13-14-15-16-21-25-29-33-39(48)58-37(35-57-60(54,55)59-45-43(52)41(50)40(49)42(51)44(45)53)34-56-38(47)32-28-24-20-18-17-19-23-27-31-36(46)30-26-22-10-8-6-4-2/h18-20,22-23,26-27,31,36-37,40-46,49-53H,3-17,21,24-25,28-30,32-35H2,1-2H3,(H,54,55)/b20-18-,23-19-,26-22-,31-27+/t36-,37-,40?,41-,42+,43-,44-,45?/m1/s1. The molecule has 1 aliphatic rings. The Balaban J connectivity index is 2.54. The highest BCUT2D eigenvalue weighted by Crippen LogP contribution is 2.47. The molecule has 7 N–H and O–H groups in total. The van der Waals surface area contributed by atoms with Crippen LogP contribution in [0.25, 0.3) is 0 Å². The lowest BCUT2D eigenvalue weighted by Gasteiger charge is -2.41. The molecule has 14 nitrogen and oxygen atoms in total. The van der Waals surface area contributed by atoms with E-state index in [9.17, 15) is 49.7 Å². The minimum Gasteiger partial charge on any atom is -0.462 e. The predicted molar refractivity (Wildman–Crippen MR) is 232 cm³/mol. The summed E-state index contributed by atoms with van der Waals surface area (Å²) in [4.78, 5) is 35.6. The van der Waals surface area contributed by atoms with Crippen molar-refractivity contribution in [1.82, 2.24) is 0 Å². The summed E-state index contributed by atoms with van der Waals surface area (Å²) >= 11 is 0. The van der Waals surface area contributed by atoms with Gasteiger partial charge in [-0.25, -0.2) is 4.57 Å². The van der Waals surface area contributed by atoms with Gasteiger partial charge in [-0.2, -0.15) is 0 Å². The van der Waals surface area contributed by atoms with E-state index >= 15 is 0 Å². The number of ether oxygens (including phenoxy) is 2. The second-order valence-corrected chi connectivity index (χ2v) is 17.2. The maximum absolute atomic E-state index is 12.8. The number of hydrogen-bond acceptors (Lipinski definition) is 13. The molecular weight excluding hydrogens is 795 g/mol. The van der Waals surface area contributed by atoms with Gasteiger partial charge in [0.2, 0.25) is 0 Å². The zero-order valence-corrected chi connectivity index (χ0v) is 37.2. The van der Waals surface area contributed by atoms with E-state index in [1.807, 2.05) is 36.5 Å². The topological polar surface area (TPSA) is 230 Å². The Morgan fingerprint density at radius 2 is 1.12 bits per heavy atom. The Kier molecular flexibility index (Phi) is 32.8. The Morgan fingerprint density at radius 1 is 0.600 bits per heavy atom. The fourth-order valence-electron chi connectivity index (χ4n) is 6.54. The van der Waals surface area contributed by atoms with E-state index in [0.717, 1.165) is 32.1 Å². The molecular formula is C45H79O14P. The van der Waals surface area contributed by atoms with Crippen molar-refractivity contribution in [1.29, 1.82) is 0 Å². The van der Waals surface area contributed by atoms with Crippen LogP contribution in [0.1, 0.15) is 162 Å². The van der Waals surface area contributed by atoms with E-state index in [0.29, 0.717) is 32.1 Å². The van der Waals surface area contributed by atoms with Gasteiger partial charge in [0, 0.05) is 12.8 Å². The van der Waals surface area contributed by atoms with E-state index in [1.165, 1.54) is 70.6 Å². The number of carbonyl (C=O) groups is 2. The van der Waals surface area contributed by atoms with E-state index in [4.69, 9.17) is 18.5 Å². The number of carbonyl (C=O) groups excluding carboxylic acids is 2. The predicted octanol–water partition coefficient (Wildman–Crippen LogP) is 7.36. The highest BCUT2D eigenvalue weighted by Gasteiger charge is 2.51. The number of phosphoric acid groups is 1. The van der Waals surface area contributed by atoms with Crippen molar-refractivity contribution >= 4 is 19.8 Å². The Labute approximate surface area is 359 Å². The third-order valence-electron chi connectivity index (χ3n) is 10.3. The van der Waals surface area contributed by atoms with Crippen molar-refractivity contribution in [3.63, 3.8) is 0 Å². The Bertz CT molecular complexity index is 1260. The van der Waals surface area contributed by atoms with Crippen LogP contribution < -0.4 is 0 Å². The first-order chi connectivity index (χ1) is 28.8. The van der Waals surface area contributed by atoms with Crippen LogP contribution in [0.4, 0.5) is 0 Å². The highest BCUT2D eigenvalue weighted by molar-refractivity contribution is 7.47. The summed E-state index contributed by atoms with van der Waals surface area (Å²) in [6.07, 6.45) is 23.4. The average molecular weight is 875 g/mol. The quantitative estimate of drug-likeness (QED) is 0.0107. The van der Waals surface area contributed by atoms with Crippen molar-refractivity contribution in [2.24, 2.45) is 0 Å². The number of allylic oxidation sites excluding steroid dienone is 6. The summed E-state index contributed by atoms with van der Waals surface area (Å²) in [5, 5.41) is 60.1. The van der Waals surface area contributed by atoms with Crippen LogP contribution in [-0.4, -0.2) is 110 Å². The number of phosphoric ester groups is 1. The third-order valence-corrected chi connectivity index (χ3v) is 11.2. The number of unbranched alkanes of at least 4 members (excludes halogenated alkanes) is 16. The summed E-state index contributed by atoms with van der Waals surface area (Å²) < 4.78 is 33.4. The van der Waals surface area contributed by atoms with Crippen LogP contribution in [0.3, 0.4) is 0 Å². The molecule has 0 heterocycles. The van der Waals surface area contributed by atoms with Gasteiger partial charge in [0.15, 0.2) is 6.10 Å². The Morgan fingerprint density at radius 3 is 1.73 bits per heavy atom. The number of aliphatic hydroxyl groups is 6. The molecule has 0 radical (unpaired) electrons. The molecule has 15 heteroatoms.